The quantitative estimate of drug-likeness (QED) is 0.269. The van der Waals surface area contributed by atoms with E-state index in [9.17, 15) is 0 Å². The number of hydrogen-bond donors (Lipinski definition) is 0. The molecule has 376 valence electrons. The highest BCUT2D eigenvalue weighted by Crippen LogP contribution is 2.54. The summed E-state index contributed by atoms with van der Waals surface area (Å²) in [6.07, 6.45) is 50.7. The van der Waals surface area contributed by atoms with Crippen molar-refractivity contribution in [3.05, 3.63) is 35.9 Å². The van der Waals surface area contributed by atoms with Crippen LogP contribution in [0.15, 0.2) is 30.3 Å². The normalized spacial score (nSPS) is 52.8. The zero-order valence-corrected chi connectivity index (χ0v) is 41.6. The maximum atomic E-state index is 5.75. The zero-order chi connectivity index (χ0) is 44.7. The summed E-state index contributed by atoms with van der Waals surface area (Å²) in [6.45, 7) is 0. The molecule has 8 aliphatic heterocycles. The Balaban J connectivity index is 0.0000000805. The third kappa shape index (κ3) is 10.6. The molecule has 0 amide bonds. The highest BCUT2D eigenvalue weighted by atomic mass is 16.6. The van der Waals surface area contributed by atoms with Gasteiger partial charge in [-0.15, -0.1) is 0 Å². The van der Waals surface area contributed by atoms with Crippen LogP contribution in [0.25, 0.3) is 0 Å². The van der Waals surface area contributed by atoms with Crippen LogP contribution in [-0.2, 0) is 37.9 Å². The molecular formula is C60H88O8. The Hall–Kier alpha value is -1.10. The van der Waals surface area contributed by atoms with E-state index >= 15 is 0 Å². The molecule has 9 saturated carbocycles. The predicted octanol–water partition coefficient (Wildman–Crippen LogP) is 12.2. The molecule has 8 saturated heterocycles. The lowest BCUT2D eigenvalue weighted by Gasteiger charge is -2.31. The predicted molar refractivity (Wildman–Crippen MR) is 260 cm³/mol. The summed E-state index contributed by atoms with van der Waals surface area (Å²) in [6, 6.07) is 10.8. The van der Waals surface area contributed by atoms with Gasteiger partial charge in [0, 0.05) is 0 Å². The maximum Gasteiger partial charge on any atom is 0.0873 e. The van der Waals surface area contributed by atoms with E-state index in [1.54, 1.807) is 0 Å². The molecule has 24 atom stereocenters. The number of ether oxygens (including phenoxy) is 8. The first-order chi connectivity index (χ1) is 33.6. The van der Waals surface area contributed by atoms with Crippen molar-refractivity contribution in [2.45, 2.75) is 290 Å². The van der Waals surface area contributed by atoms with Crippen LogP contribution in [-0.4, -0.2) is 97.7 Å². The van der Waals surface area contributed by atoms with Gasteiger partial charge < -0.3 is 37.9 Å². The largest absolute Gasteiger partial charge is 0.370 e. The molecule has 17 fully saturated rings. The van der Waals surface area contributed by atoms with E-state index in [2.05, 4.69) is 30.3 Å². The van der Waals surface area contributed by atoms with Crippen molar-refractivity contribution in [1.82, 2.24) is 0 Å². The fourth-order valence-electron chi connectivity index (χ4n) is 17.3. The fraction of sp³-hybridized carbons (Fsp3) is 0.900. The molecule has 1 aromatic carbocycles. The number of fused-ring (bicyclic) bond motifs is 8. The van der Waals surface area contributed by atoms with E-state index in [0.717, 1.165) is 53.3 Å². The average Bonchev–Trinajstić information content (AvgIpc) is 4.20. The van der Waals surface area contributed by atoms with Gasteiger partial charge >= 0.3 is 0 Å². The molecule has 17 aliphatic rings. The molecular weight excluding hydrogens is 849 g/mol. The Labute approximate surface area is 409 Å². The first-order valence-corrected chi connectivity index (χ1v) is 29.9. The van der Waals surface area contributed by atoms with Crippen molar-refractivity contribution in [2.24, 2.45) is 47.3 Å². The topological polar surface area (TPSA) is 100 Å². The summed E-state index contributed by atoms with van der Waals surface area (Å²) in [4.78, 5) is 0. The van der Waals surface area contributed by atoms with Crippen LogP contribution < -0.4 is 0 Å². The SMILES string of the molecule is C1CC2OC2C(C2CCC3OC3C2)C1.C1CC2OC2C(C2CCCC3OC32)C1.C1CC2OC2CC1C1CCC2OC2C1.C1CCC(C2CCC3OC3C2)CC1.c1ccc(C2CCC3OC3C2)cc1. The highest BCUT2D eigenvalue weighted by molar-refractivity contribution is 5.21. The van der Waals surface area contributed by atoms with Crippen LogP contribution >= 0.6 is 0 Å². The van der Waals surface area contributed by atoms with Crippen molar-refractivity contribution >= 4 is 0 Å². The first-order valence-electron chi connectivity index (χ1n) is 29.9. The molecule has 0 radical (unpaired) electrons. The van der Waals surface area contributed by atoms with Gasteiger partial charge in [-0.05, 0) is 194 Å². The van der Waals surface area contributed by atoms with Crippen molar-refractivity contribution in [1.29, 1.82) is 0 Å². The average molecular weight is 937 g/mol. The van der Waals surface area contributed by atoms with Crippen molar-refractivity contribution in [2.75, 3.05) is 0 Å². The molecule has 1 aromatic rings. The number of rotatable bonds is 5. The monoisotopic (exact) mass is 937 g/mol. The minimum atomic E-state index is 0.596. The molecule has 0 N–H and O–H groups in total. The minimum absolute atomic E-state index is 0.596. The molecule has 68 heavy (non-hydrogen) atoms. The lowest BCUT2D eigenvalue weighted by atomic mass is 9.73. The summed E-state index contributed by atoms with van der Waals surface area (Å²) in [5.74, 6) is 8.29. The van der Waals surface area contributed by atoms with E-state index in [4.69, 9.17) is 37.9 Å². The molecule has 24 unspecified atom stereocenters. The lowest BCUT2D eigenvalue weighted by molar-refractivity contribution is 0.181. The molecule has 18 rings (SSSR count). The van der Waals surface area contributed by atoms with E-state index in [1.165, 1.54) is 192 Å². The molecule has 0 aromatic heterocycles. The summed E-state index contributed by atoms with van der Waals surface area (Å²) >= 11 is 0. The highest BCUT2D eigenvalue weighted by Gasteiger charge is 2.58. The Morgan fingerprint density at radius 3 is 1.12 bits per heavy atom. The maximum absolute atomic E-state index is 5.75. The molecule has 0 bridgehead atoms. The first kappa shape index (κ1) is 45.5. The number of benzene rings is 1. The van der Waals surface area contributed by atoms with E-state index < -0.39 is 0 Å². The van der Waals surface area contributed by atoms with Gasteiger partial charge in [-0.1, -0.05) is 81.7 Å². The second kappa shape index (κ2) is 19.6. The molecule has 0 spiro atoms. The zero-order valence-electron chi connectivity index (χ0n) is 41.6. The molecule has 8 heteroatoms. The smallest absolute Gasteiger partial charge is 0.0873 e. The number of epoxide rings is 8. The summed E-state index contributed by atoms with van der Waals surface area (Å²) in [5.41, 5.74) is 1.50. The van der Waals surface area contributed by atoms with Crippen molar-refractivity contribution < 1.29 is 37.9 Å². The van der Waals surface area contributed by atoms with Crippen LogP contribution in [0.2, 0.25) is 0 Å². The van der Waals surface area contributed by atoms with E-state index in [1.807, 2.05) is 0 Å². The van der Waals surface area contributed by atoms with Gasteiger partial charge in [-0.3, -0.25) is 0 Å². The fourth-order valence-corrected chi connectivity index (χ4v) is 17.3. The molecule has 8 nitrogen and oxygen atoms in total. The third-order valence-electron chi connectivity index (χ3n) is 21.8. The van der Waals surface area contributed by atoms with Crippen molar-refractivity contribution in [3.8, 4) is 0 Å². The summed E-state index contributed by atoms with van der Waals surface area (Å²) in [5, 5.41) is 0. The van der Waals surface area contributed by atoms with Crippen LogP contribution in [0.5, 0.6) is 0 Å². The van der Waals surface area contributed by atoms with Crippen LogP contribution in [0.3, 0.4) is 0 Å². The summed E-state index contributed by atoms with van der Waals surface area (Å²) < 4.78 is 45.2. The lowest BCUT2D eigenvalue weighted by Crippen LogP contribution is -2.31. The minimum Gasteiger partial charge on any atom is -0.370 e. The van der Waals surface area contributed by atoms with Gasteiger partial charge in [0.05, 0.1) is 97.7 Å². The Morgan fingerprint density at radius 2 is 0.647 bits per heavy atom. The van der Waals surface area contributed by atoms with Gasteiger partial charge in [0.15, 0.2) is 0 Å². The van der Waals surface area contributed by atoms with Crippen LogP contribution in [0, 0.1) is 47.3 Å². The van der Waals surface area contributed by atoms with Gasteiger partial charge in [0.2, 0.25) is 0 Å². The van der Waals surface area contributed by atoms with Crippen LogP contribution in [0.1, 0.15) is 198 Å². The van der Waals surface area contributed by atoms with Gasteiger partial charge in [0.1, 0.15) is 0 Å². The molecule has 8 heterocycles. The Kier molecular flexibility index (Phi) is 13.1. The third-order valence-corrected chi connectivity index (χ3v) is 21.8. The Morgan fingerprint density at radius 1 is 0.250 bits per heavy atom. The van der Waals surface area contributed by atoms with Gasteiger partial charge in [0.25, 0.3) is 0 Å². The van der Waals surface area contributed by atoms with Gasteiger partial charge in [-0.2, -0.15) is 0 Å². The summed E-state index contributed by atoms with van der Waals surface area (Å²) in [7, 11) is 0. The second-order valence-electron chi connectivity index (χ2n) is 25.9. The van der Waals surface area contributed by atoms with E-state index in [-0.39, 0.29) is 0 Å². The van der Waals surface area contributed by atoms with Gasteiger partial charge in [-0.25, -0.2) is 0 Å². The van der Waals surface area contributed by atoms with Crippen LogP contribution in [0.4, 0.5) is 0 Å². The van der Waals surface area contributed by atoms with Crippen molar-refractivity contribution in [3.63, 3.8) is 0 Å². The van der Waals surface area contributed by atoms with E-state index in [0.29, 0.717) is 97.7 Å². The molecule has 9 aliphatic carbocycles. The number of hydrogen-bond acceptors (Lipinski definition) is 8. The second-order valence-corrected chi connectivity index (χ2v) is 25.9. The Bertz CT molecular complexity index is 1790. The standard InChI is InChI=1S/3C12H18O2.C12H20O.C12H14O/c1-3-9-11(13-9)5-7(1)8-2-4-10-12(6-8)14-10;1-3-7(11-9(5-1)13-11)8-4-2-6-10-12(8)14-10;1-2-8(12-10(3-1)14-12)7-4-5-9-11(6-7)13-9;2*1-2-4-9(5-3-1)10-6-7-11-12(8-10)13-11/h3*7-12H,1-6H2;9-12H,1-8H2;1-5,10-12H,6-8H2.